The number of hydrogen-bond donors (Lipinski definition) is 0. The van der Waals surface area contributed by atoms with Gasteiger partial charge in [-0.05, 0) is 18.4 Å². The molecule has 0 saturated heterocycles. The second kappa shape index (κ2) is 4.56. The maximum atomic E-state index is 5.86. The molecule has 3 heteroatoms. The molecule has 0 spiro atoms. The third kappa shape index (κ3) is 3.31. The van der Waals surface area contributed by atoms with Gasteiger partial charge in [-0.25, -0.2) is 9.97 Å². The van der Waals surface area contributed by atoms with Gasteiger partial charge in [0, 0.05) is 12.1 Å². The summed E-state index contributed by atoms with van der Waals surface area (Å²) >= 11 is 5.86. The van der Waals surface area contributed by atoms with E-state index in [0.29, 0.717) is 11.1 Å². The molecule has 0 aliphatic carbocycles. The first kappa shape index (κ1) is 10.5. The summed E-state index contributed by atoms with van der Waals surface area (Å²) in [6.07, 6.45) is 1.81. The molecular weight excluding hydrogens is 184 g/mol. The van der Waals surface area contributed by atoms with Gasteiger partial charge in [-0.3, -0.25) is 0 Å². The minimum absolute atomic E-state index is 0.558. The first-order valence-electron chi connectivity index (χ1n) is 4.64. The molecule has 1 aromatic rings. The van der Waals surface area contributed by atoms with Crippen LogP contribution in [-0.2, 0) is 12.8 Å². The Kier molecular flexibility index (Phi) is 3.67. The van der Waals surface area contributed by atoms with Crippen molar-refractivity contribution in [3.05, 3.63) is 22.7 Å². The number of hydrogen-bond acceptors (Lipinski definition) is 2. The molecule has 0 aliphatic heterocycles. The van der Waals surface area contributed by atoms with Crippen molar-refractivity contribution in [3.8, 4) is 0 Å². The first-order valence-corrected chi connectivity index (χ1v) is 5.02. The lowest BCUT2D eigenvalue weighted by atomic mass is 10.1. The van der Waals surface area contributed by atoms with Crippen LogP contribution >= 0.6 is 11.6 Å². The van der Waals surface area contributed by atoms with Crippen LogP contribution in [0.25, 0.3) is 0 Å². The normalized spacial score (nSPS) is 10.8. The van der Waals surface area contributed by atoms with E-state index >= 15 is 0 Å². The van der Waals surface area contributed by atoms with E-state index < -0.39 is 0 Å². The number of rotatable bonds is 3. The molecule has 1 aromatic heterocycles. The van der Waals surface area contributed by atoms with E-state index in [4.69, 9.17) is 11.6 Å². The third-order valence-electron chi connectivity index (χ3n) is 1.73. The molecule has 13 heavy (non-hydrogen) atoms. The number of aromatic nitrogens is 2. The fraction of sp³-hybridized carbons (Fsp3) is 0.600. The van der Waals surface area contributed by atoms with Gasteiger partial charge in [-0.1, -0.05) is 32.4 Å². The summed E-state index contributed by atoms with van der Waals surface area (Å²) in [5.41, 5.74) is 1.05. The molecule has 0 N–H and O–H groups in total. The van der Waals surface area contributed by atoms with Crippen LogP contribution in [0.1, 0.15) is 32.3 Å². The van der Waals surface area contributed by atoms with Gasteiger partial charge in [0.05, 0.1) is 0 Å². The molecule has 0 atom stereocenters. The molecule has 2 nitrogen and oxygen atoms in total. The van der Waals surface area contributed by atoms with Gasteiger partial charge in [0.1, 0.15) is 11.0 Å². The van der Waals surface area contributed by atoms with Crippen LogP contribution in [0.15, 0.2) is 6.07 Å². The van der Waals surface area contributed by atoms with Crippen molar-refractivity contribution in [1.82, 2.24) is 9.97 Å². The summed E-state index contributed by atoms with van der Waals surface area (Å²) < 4.78 is 0. The van der Waals surface area contributed by atoms with Crippen LogP contribution in [0.5, 0.6) is 0 Å². The zero-order valence-electron chi connectivity index (χ0n) is 8.34. The Balaban J connectivity index is 2.88. The van der Waals surface area contributed by atoms with Crippen LogP contribution in [-0.4, -0.2) is 9.97 Å². The highest BCUT2D eigenvalue weighted by Gasteiger charge is 2.03. The number of nitrogens with zero attached hydrogens (tertiary/aromatic N) is 2. The lowest BCUT2D eigenvalue weighted by Gasteiger charge is -2.05. The molecule has 0 aromatic carbocycles. The Bertz CT molecular complexity index is 284. The van der Waals surface area contributed by atoms with Crippen molar-refractivity contribution in [2.24, 2.45) is 5.92 Å². The van der Waals surface area contributed by atoms with Crippen molar-refractivity contribution in [3.63, 3.8) is 0 Å². The first-order chi connectivity index (χ1) is 6.11. The van der Waals surface area contributed by atoms with E-state index in [2.05, 4.69) is 23.8 Å². The molecular formula is C10H15ClN2. The monoisotopic (exact) mass is 198 g/mol. The largest absolute Gasteiger partial charge is 0.238 e. The van der Waals surface area contributed by atoms with Crippen LogP contribution in [0.4, 0.5) is 0 Å². The Hall–Kier alpha value is -0.630. The fourth-order valence-corrected chi connectivity index (χ4v) is 1.42. The van der Waals surface area contributed by atoms with Gasteiger partial charge in [-0.15, -0.1) is 0 Å². The number of aryl methyl sites for hydroxylation is 1. The van der Waals surface area contributed by atoms with Gasteiger partial charge in [0.25, 0.3) is 0 Å². The Morgan fingerprint density at radius 3 is 2.62 bits per heavy atom. The van der Waals surface area contributed by atoms with Gasteiger partial charge in [-0.2, -0.15) is 0 Å². The average molecular weight is 199 g/mol. The van der Waals surface area contributed by atoms with E-state index in [0.717, 1.165) is 24.4 Å². The van der Waals surface area contributed by atoms with Gasteiger partial charge in [0.15, 0.2) is 0 Å². The quantitative estimate of drug-likeness (QED) is 0.698. The van der Waals surface area contributed by atoms with Crippen molar-refractivity contribution in [1.29, 1.82) is 0 Å². The Morgan fingerprint density at radius 2 is 2.08 bits per heavy atom. The zero-order valence-corrected chi connectivity index (χ0v) is 9.10. The number of halogens is 1. The van der Waals surface area contributed by atoms with Crippen molar-refractivity contribution < 1.29 is 0 Å². The van der Waals surface area contributed by atoms with Crippen LogP contribution in [0.3, 0.4) is 0 Å². The Morgan fingerprint density at radius 1 is 1.38 bits per heavy atom. The second-order valence-electron chi connectivity index (χ2n) is 3.55. The van der Waals surface area contributed by atoms with Gasteiger partial charge < -0.3 is 0 Å². The van der Waals surface area contributed by atoms with Crippen LogP contribution < -0.4 is 0 Å². The smallest absolute Gasteiger partial charge is 0.133 e. The van der Waals surface area contributed by atoms with Gasteiger partial charge >= 0.3 is 0 Å². The predicted octanol–water partition coefficient (Wildman–Crippen LogP) is 2.89. The molecule has 72 valence electrons. The highest BCUT2D eigenvalue weighted by atomic mass is 35.5. The second-order valence-corrected chi connectivity index (χ2v) is 3.94. The summed E-state index contributed by atoms with van der Waals surface area (Å²) in [4.78, 5) is 8.51. The van der Waals surface area contributed by atoms with Crippen molar-refractivity contribution in [2.75, 3.05) is 0 Å². The van der Waals surface area contributed by atoms with E-state index in [9.17, 15) is 0 Å². The predicted molar refractivity (Wildman–Crippen MR) is 55.0 cm³/mol. The SMILES string of the molecule is CCc1nc(Cl)cc(CC(C)C)n1. The van der Waals surface area contributed by atoms with Gasteiger partial charge in [0.2, 0.25) is 0 Å². The molecule has 0 amide bonds. The molecule has 0 bridgehead atoms. The minimum atomic E-state index is 0.558. The summed E-state index contributed by atoms with van der Waals surface area (Å²) in [5, 5.41) is 0.558. The van der Waals surface area contributed by atoms with Crippen LogP contribution in [0.2, 0.25) is 5.15 Å². The maximum Gasteiger partial charge on any atom is 0.133 e. The molecule has 0 saturated carbocycles. The summed E-state index contributed by atoms with van der Waals surface area (Å²) in [6.45, 7) is 6.37. The topological polar surface area (TPSA) is 25.8 Å². The molecule has 0 fully saturated rings. The Labute approximate surface area is 84.4 Å². The standard InChI is InChI=1S/C10H15ClN2/c1-4-10-12-8(5-7(2)3)6-9(11)13-10/h6-7H,4-5H2,1-3H3. The lowest BCUT2D eigenvalue weighted by molar-refractivity contribution is 0.630. The highest BCUT2D eigenvalue weighted by molar-refractivity contribution is 6.29. The van der Waals surface area contributed by atoms with E-state index in [1.807, 2.05) is 13.0 Å². The summed E-state index contributed by atoms with van der Waals surface area (Å²) in [5.74, 6) is 1.44. The molecule has 0 unspecified atom stereocenters. The van der Waals surface area contributed by atoms with Crippen molar-refractivity contribution >= 4 is 11.6 Å². The highest BCUT2D eigenvalue weighted by Crippen LogP contribution is 2.11. The average Bonchev–Trinajstić information content (AvgIpc) is 2.01. The molecule has 0 radical (unpaired) electrons. The van der Waals surface area contributed by atoms with Crippen LogP contribution in [0, 0.1) is 5.92 Å². The van der Waals surface area contributed by atoms with E-state index in [1.54, 1.807) is 0 Å². The molecule has 1 heterocycles. The zero-order chi connectivity index (χ0) is 9.84. The van der Waals surface area contributed by atoms with E-state index in [1.165, 1.54) is 0 Å². The fourth-order valence-electron chi connectivity index (χ4n) is 1.20. The third-order valence-corrected chi connectivity index (χ3v) is 1.92. The van der Waals surface area contributed by atoms with E-state index in [-0.39, 0.29) is 0 Å². The summed E-state index contributed by atoms with van der Waals surface area (Å²) in [6, 6.07) is 1.85. The molecule has 0 aliphatic rings. The van der Waals surface area contributed by atoms with Crippen molar-refractivity contribution in [2.45, 2.75) is 33.6 Å². The summed E-state index contributed by atoms with van der Waals surface area (Å²) in [7, 11) is 0. The molecule has 1 rings (SSSR count). The maximum absolute atomic E-state index is 5.86. The minimum Gasteiger partial charge on any atom is -0.238 e. The lowest BCUT2D eigenvalue weighted by Crippen LogP contribution is -2.02.